The Morgan fingerprint density at radius 1 is 0.898 bits per heavy atom. The van der Waals surface area contributed by atoms with E-state index in [1.54, 1.807) is 28.1 Å². The number of amides is 1. The van der Waals surface area contributed by atoms with Crippen molar-refractivity contribution in [3.8, 4) is 0 Å². The Balaban J connectivity index is 1.65. The van der Waals surface area contributed by atoms with E-state index in [4.69, 9.17) is 18.9 Å². The summed E-state index contributed by atoms with van der Waals surface area (Å²) in [5, 5.41) is 33.5. The van der Waals surface area contributed by atoms with Crippen LogP contribution in [0.2, 0.25) is 0 Å². The molecular weight excluding hydrogens is 755 g/mol. The number of carbonyl (C=O) groups excluding carboxylic acids is 4. The Morgan fingerprint density at radius 3 is 2.36 bits per heavy atom. The van der Waals surface area contributed by atoms with E-state index >= 15 is 0 Å². The van der Waals surface area contributed by atoms with Crippen molar-refractivity contribution in [3.63, 3.8) is 0 Å². The van der Waals surface area contributed by atoms with Gasteiger partial charge in [0.05, 0.1) is 30.5 Å². The highest BCUT2D eigenvalue weighted by molar-refractivity contribution is 6.39. The van der Waals surface area contributed by atoms with Gasteiger partial charge in [-0.25, -0.2) is 4.79 Å². The summed E-state index contributed by atoms with van der Waals surface area (Å²) in [5.74, 6) is -5.85. The molecule has 4 aliphatic rings. The van der Waals surface area contributed by atoms with Gasteiger partial charge in [-0.1, -0.05) is 64.2 Å². The van der Waals surface area contributed by atoms with Crippen LogP contribution in [0.15, 0.2) is 47.6 Å². The maximum Gasteiger partial charge on any atom is 0.329 e. The topological polar surface area (TPSA) is 169 Å². The minimum absolute atomic E-state index is 0.0316. The fourth-order valence-corrected chi connectivity index (χ4v) is 9.27. The highest BCUT2D eigenvalue weighted by Gasteiger charge is 2.53. The average Bonchev–Trinajstić information content (AvgIpc) is 3.21. The molecule has 4 rings (SSSR count). The van der Waals surface area contributed by atoms with Gasteiger partial charge in [-0.15, -0.1) is 0 Å². The highest BCUT2D eigenvalue weighted by Crippen LogP contribution is 2.37. The number of carbonyl (C=O) groups is 4. The first-order valence-corrected chi connectivity index (χ1v) is 22.1. The molecule has 12 heteroatoms. The van der Waals surface area contributed by atoms with E-state index in [2.05, 4.69) is 6.92 Å². The van der Waals surface area contributed by atoms with Gasteiger partial charge in [0, 0.05) is 51.9 Å². The van der Waals surface area contributed by atoms with E-state index in [1.165, 1.54) is 4.90 Å². The Kier molecular flexibility index (Phi) is 18.7. The molecule has 0 aromatic heterocycles. The summed E-state index contributed by atoms with van der Waals surface area (Å²) in [4.78, 5) is 57.0. The molecule has 1 amide bonds. The van der Waals surface area contributed by atoms with Gasteiger partial charge in [-0.05, 0) is 107 Å². The summed E-state index contributed by atoms with van der Waals surface area (Å²) in [6, 6.07) is -1.04. The van der Waals surface area contributed by atoms with E-state index in [0.29, 0.717) is 69.8 Å². The molecule has 0 spiro atoms. The molecule has 0 aromatic rings. The number of ether oxygens (including phenoxy) is 4. The van der Waals surface area contributed by atoms with Crippen LogP contribution in [0, 0.1) is 29.6 Å². The number of fused-ring (bicyclic) bond motifs is 3. The zero-order chi connectivity index (χ0) is 43.4. The highest BCUT2D eigenvalue weighted by atomic mass is 16.6. The minimum Gasteiger partial charge on any atom is -0.460 e. The number of Topliss-reactive ketones (excluding diaryl/α,β-unsaturated/α-hetero) is 2. The van der Waals surface area contributed by atoms with Gasteiger partial charge >= 0.3 is 5.97 Å². The molecule has 2 saturated heterocycles. The first kappa shape index (κ1) is 48.7. The van der Waals surface area contributed by atoms with E-state index < -0.39 is 59.8 Å². The van der Waals surface area contributed by atoms with Gasteiger partial charge in [0.2, 0.25) is 5.79 Å². The molecule has 1 unspecified atom stereocenters. The third-order valence-corrected chi connectivity index (χ3v) is 13.4. The van der Waals surface area contributed by atoms with E-state index in [1.807, 2.05) is 57.2 Å². The van der Waals surface area contributed by atoms with Crippen LogP contribution in [0.4, 0.5) is 0 Å². The molecule has 3 heterocycles. The zero-order valence-corrected chi connectivity index (χ0v) is 36.8. The predicted molar refractivity (Wildman–Crippen MR) is 225 cm³/mol. The number of esters is 1. The lowest BCUT2D eigenvalue weighted by atomic mass is 9.79. The quantitative estimate of drug-likeness (QED) is 0.161. The normalized spacial score (nSPS) is 40.3. The lowest BCUT2D eigenvalue weighted by molar-refractivity contribution is -0.265. The average molecular weight is 828 g/mol. The molecule has 0 radical (unpaired) electrons. The van der Waals surface area contributed by atoms with E-state index in [9.17, 15) is 34.5 Å². The zero-order valence-electron chi connectivity index (χ0n) is 36.8. The number of cyclic esters (lactones) is 1. The first-order chi connectivity index (χ1) is 28.0. The standard InChI is InChI=1S/C47H73NO11/c1-29-14-10-9-11-15-31(3)42(56-7)27-36-20-18-34(6)47(55,59-36)44(52)45(53)48-23-13-12-16-37(48)46(54)58-41(22-17-30(2)39(50)28-40(51)32(4)24-29)33(5)25-35-19-21-38(49)43(26-35)57-8/h9-11,14-15,17,29,32-39,41-43,49-50,55H,12-13,16,18-28H2,1-8H3/b11-9+,14-10+,30-17+,31-15+/t29-,32-,33-,34-,35+,36+,37+,38-,39+,41?,42+,43-,47-/m1/s1. The monoisotopic (exact) mass is 828 g/mol. The summed E-state index contributed by atoms with van der Waals surface area (Å²) < 4.78 is 23.8. The minimum atomic E-state index is -2.38. The van der Waals surface area contributed by atoms with Crippen molar-refractivity contribution in [1.82, 2.24) is 4.90 Å². The van der Waals surface area contributed by atoms with Gasteiger partial charge < -0.3 is 39.2 Å². The van der Waals surface area contributed by atoms with Crippen LogP contribution in [0.25, 0.3) is 0 Å². The van der Waals surface area contributed by atoms with Crippen LogP contribution in [-0.2, 0) is 38.1 Å². The summed E-state index contributed by atoms with van der Waals surface area (Å²) in [6.07, 6.45) is 14.7. The second kappa shape index (κ2) is 22.7. The molecule has 12 nitrogen and oxygen atoms in total. The molecule has 13 atom stereocenters. The van der Waals surface area contributed by atoms with Crippen molar-refractivity contribution in [2.45, 2.75) is 173 Å². The summed E-state index contributed by atoms with van der Waals surface area (Å²) >= 11 is 0. The molecule has 2 bridgehead atoms. The van der Waals surface area contributed by atoms with Crippen molar-refractivity contribution in [2.75, 3.05) is 20.8 Å². The first-order valence-electron chi connectivity index (χ1n) is 22.1. The van der Waals surface area contributed by atoms with Gasteiger partial charge in [0.25, 0.3) is 11.7 Å². The maximum atomic E-state index is 14.2. The van der Waals surface area contributed by atoms with Crippen LogP contribution < -0.4 is 0 Å². The third kappa shape index (κ3) is 13.2. The molecule has 332 valence electrons. The number of nitrogens with zero attached hydrogens (tertiary/aromatic N) is 1. The van der Waals surface area contributed by atoms with Crippen LogP contribution in [0.1, 0.15) is 125 Å². The number of piperidine rings is 1. The SMILES string of the molecule is CO[C@H]1C[C@@H]2CC[C@@H](C)[C@@](O)(O2)C(=O)C(=O)N2CCCC[C@H]2C(=O)OC([C@H](C)C[C@@H]2CC[C@@H](O)[C@H](OC)C2)C/C=C(\C)[C@@H](O)CC(=O)[C@H](C)C[C@H](C)/C=C/C=C/C=C/1C. The molecule has 1 aliphatic carbocycles. The Labute approximate surface area is 352 Å². The van der Waals surface area contributed by atoms with Crippen LogP contribution in [0.3, 0.4) is 0 Å². The van der Waals surface area contributed by atoms with Crippen molar-refractivity contribution >= 4 is 23.4 Å². The predicted octanol–water partition coefficient (Wildman–Crippen LogP) is 6.35. The number of methoxy groups -OCH3 is 2. The molecule has 0 aromatic carbocycles. The van der Waals surface area contributed by atoms with Crippen molar-refractivity contribution in [1.29, 1.82) is 0 Å². The second-order valence-corrected chi connectivity index (χ2v) is 18.1. The largest absolute Gasteiger partial charge is 0.460 e. The van der Waals surface area contributed by atoms with Crippen LogP contribution in [0.5, 0.6) is 0 Å². The maximum absolute atomic E-state index is 14.2. The molecule has 3 fully saturated rings. The van der Waals surface area contributed by atoms with Crippen LogP contribution >= 0.6 is 0 Å². The molecule has 3 N–H and O–H groups in total. The fraction of sp³-hybridized carbons (Fsp3) is 0.745. The van der Waals surface area contributed by atoms with Crippen LogP contribution in [-0.4, -0.2) is 113 Å². The van der Waals surface area contributed by atoms with Gasteiger partial charge in [-0.3, -0.25) is 14.4 Å². The number of aliphatic hydroxyl groups excluding tert-OH is 2. The lowest BCUT2D eigenvalue weighted by Gasteiger charge is -2.42. The Morgan fingerprint density at radius 2 is 1.64 bits per heavy atom. The number of allylic oxidation sites excluding steroid dienone is 5. The van der Waals surface area contributed by atoms with E-state index in [0.717, 1.165) is 12.0 Å². The number of rotatable bonds is 5. The smallest absolute Gasteiger partial charge is 0.329 e. The van der Waals surface area contributed by atoms with Crippen molar-refractivity contribution in [3.05, 3.63) is 47.6 Å². The van der Waals surface area contributed by atoms with Gasteiger partial charge in [-0.2, -0.15) is 0 Å². The van der Waals surface area contributed by atoms with E-state index in [-0.39, 0.29) is 61.0 Å². The fourth-order valence-electron chi connectivity index (χ4n) is 9.27. The summed E-state index contributed by atoms with van der Waals surface area (Å²) in [7, 11) is 3.19. The van der Waals surface area contributed by atoms with Gasteiger partial charge in [0.1, 0.15) is 17.9 Å². The summed E-state index contributed by atoms with van der Waals surface area (Å²) in [5.41, 5.74) is 1.51. The summed E-state index contributed by atoms with van der Waals surface area (Å²) in [6.45, 7) is 11.5. The lowest BCUT2D eigenvalue weighted by Crippen LogP contribution is -2.61. The third-order valence-electron chi connectivity index (χ3n) is 13.4. The number of hydrogen-bond donors (Lipinski definition) is 3. The number of aliphatic hydroxyl groups is 3. The molecule has 1 saturated carbocycles. The van der Waals surface area contributed by atoms with Crippen molar-refractivity contribution in [2.24, 2.45) is 29.6 Å². The number of ketones is 2. The Bertz CT molecular complexity index is 1550. The Hall–Kier alpha value is -3.00. The molecule has 59 heavy (non-hydrogen) atoms. The molecular formula is C47H73NO11. The molecule has 3 aliphatic heterocycles. The van der Waals surface area contributed by atoms with Gasteiger partial charge in [0.15, 0.2) is 0 Å². The number of hydrogen-bond acceptors (Lipinski definition) is 11. The second-order valence-electron chi connectivity index (χ2n) is 18.1. The van der Waals surface area contributed by atoms with Crippen molar-refractivity contribution < 1.29 is 53.4 Å².